The van der Waals surface area contributed by atoms with Gasteiger partial charge in [0, 0.05) is 37.3 Å². The van der Waals surface area contributed by atoms with Gasteiger partial charge in [-0.3, -0.25) is 9.59 Å². The number of hydrogen-bond acceptors (Lipinski definition) is 5. The third-order valence-electron chi connectivity index (χ3n) is 4.98. The van der Waals surface area contributed by atoms with Gasteiger partial charge >= 0.3 is 0 Å². The Morgan fingerprint density at radius 1 is 1.12 bits per heavy atom. The Labute approximate surface area is 191 Å². The van der Waals surface area contributed by atoms with Crippen LogP contribution in [0.2, 0.25) is 0 Å². The standard InChI is InChI=1S/C23H26FN5O2S/c1-5-28(6-2)20(31)14-29-22(17-11-12-25-19(13-17)26-15(3)30)21(27-23(29)32-4)16-7-9-18(24)10-8-16/h7-13H,5-6,14H2,1-4H3,(H,25,26,30). The molecule has 0 aliphatic rings. The summed E-state index contributed by atoms with van der Waals surface area (Å²) in [7, 11) is 0. The van der Waals surface area contributed by atoms with E-state index in [9.17, 15) is 14.0 Å². The molecular formula is C23H26FN5O2S. The average molecular weight is 456 g/mol. The first kappa shape index (κ1) is 23.5. The van der Waals surface area contributed by atoms with Crippen LogP contribution in [0.1, 0.15) is 20.8 Å². The molecule has 0 saturated heterocycles. The van der Waals surface area contributed by atoms with Crippen LogP contribution in [0.15, 0.2) is 47.8 Å². The van der Waals surface area contributed by atoms with Crippen molar-refractivity contribution in [2.45, 2.75) is 32.5 Å². The topological polar surface area (TPSA) is 80.1 Å². The largest absolute Gasteiger partial charge is 0.342 e. The molecule has 168 valence electrons. The number of carbonyl (C=O) groups excluding carboxylic acids is 2. The Balaban J connectivity index is 2.21. The Morgan fingerprint density at radius 2 is 1.81 bits per heavy atom. The number of rotatable bonds is 8. The van der Waals surface area contributed by atoms with Crippen molar-refractivity contribution in [3.63, 3.8) is 0 Å². The molecule has 0 radical (unpaired) electrons. The Bertz CT molecular complexity index is 1110. The molecule has 0 fully saturated rings. The summed E-state index contributed by atoms with van der Waals surface area (Å²) in [6.45, 7) is 6.63. The van der Waals surface area contributed by atoms with Crippen molar-refractivity contribution in [1.82, 2.24) is 19.4 Å². The predicted molar refractivity (Wildman–Crippen MR) is 125 cm³/mol. The number of likely N-dealkylation sites (N-methyl/N-ethyl adjacent to an activating group) is 1. The van der Waals surface area contributed by atoms with E-state index >= 15 is 0 Å². The summed E-state index contributed by atoms with van der Waals surface area (Å²) in [6, 6.07) is 9.64. The lowest BCUT2D eigenvalue weighted by atomic mass is 10.1. The Hall–Kier alpha value is -3.20. The van der Waals surface area contributed by atoms with Crippen molar-refractivity contribution >= 4 is 29.4 Å². The fraction of sp³-hybridized carbons (Fsp3) is 0.304. The molecule has 1 aromatic carbocycles. The van der Waals surface area contributed by atoms with Gasteiger partial charge in [0.15, 0.2) is 5.16 Å². The zero-order valence-electron chi connectivity index (χ0n) is 18.6. The molecule has 0 aliphatic carbocycles. The molecule has 2 amide bonds. The number of imidazole rings is 1. The van der Waals surface area contributed by atoms with Crippen molar-refractivity contribution in [2.24, 2.45) is 0 Å². The lowest BCUT2D eigenvalue weighted by Crippen LogP contribution is -2.33. The van der Waals surface area contributed by atoms with E-state index in [1.807, 2.05) is 24.7 Å². The molecule has 0 atom stereocenters. The second-order valence-corrected chi connectivity index (χ2v) is 7.84. The van der Waals surface area contributed by atoms with E-state index < -0.39 is 0 Å². The molecule has 0 unspecified atom stereocenters. The number of thioether (sulfide) groups is 1. The van der Waals surface area contributed by atoms with Gasteiger partial charge in [0.05, 0.1) is 11.4 Å². The van der Waals surface area contributed by atoms with Crippen LogP contribution in [-0.2, 0) is 16.1 Å². The van der Waals surface area contributed by atoms with Gasteiger partial charge in [-0.1, -0.05) is 11.8 Å². The van der Waals surface area contributed by atoms with Gasteiger partial charge in [-0.2, -0.15) is 0 Å². The van der Waals surface area contributed by atoms with Crippen LogP contribution >= 0.6 is 11.8 Å². The van der Waals surface area contributed by atoms with Crippen molar-refractivity contribution in [3.8, 4) is 22.5 Å². The van der Waals surface area contributed by atoms with E-state index in [0.717, 1.165) is 11.1 Å². The molecule has 0 aliphatic heterocycles. The summed E-state index contributed by atoms with van der Waals surface area (Å²) in [5, 5.41) is 3.35. The summed E-state index contributed by atoms with van der Waals surface area (Å²) in [4.78, 5) is 35.3. The Morgan fingerprint density at radius 3 is 2.41 bits per heavy atom. The molecule has 3 aromatic rings. The number of aromatic nitrogens is 3. The first-order valence-electron chi connectivity index (χ1n) is 10.3. The highest BCUT2D eigenvalue weighted by Crippen LogP contribution is 2.36. The van der Waals surface area contributed by atoms with E-state index in [1.54, 1.807) is 35.4 Å². The van der Waals surface area contributed by atoms with Gasteiger partial charge in [-0.05, 0) is 56.5 Å². The number of nitrogens with one attached hydrogen (secondary N) is 1. The number of amides is 2. The van der Waals surface area contributed by atoms with Crippen LogP contribution in [0.25, 0.3) is 22.5 Å². The van der Waals surface area contributed by atoms with Crippen LogP contribution in [0.5, 0.6) is 0 Å². The van der Waals surface area contributed by atoms with Gasteiger partial charge in [0.2, 0.25) is 11.8 Å². The summed E-state index contributed by atoms with van der Waals surface area (Å²) < 4.78 is 15.4. The third kappa shape index (κ3) is 5.16. The van der Waals surface area contributed by atoms with Crippen LogP contribution in [0, 0.1) is 5.82 Å². The molecule has 3 rings (SSSR count). The maximum absolute atomic E-state index is 13.6. The first-order chi connectivity index (χ1) is 15.4. The minimum atomic E-state index is -0.339. The molecule has 2 aromatic heterocycles. The summed E-state index contributed by atoms with van der Waals surface area (Å²) in [5.74, 6) is -0.198. The molecule has 0 spiro atoms. The van der Waals surface area contributed by atoms with E-state index in [0.29, 0.717) is 35.5 Å². The fourth-order valence-corrected chi connectivity index (χ4v) is 4.03. The number of pyridine rings is 1. The molecule has 32 heavy (non-hydrogen) atoms. The van der Waals surface area contributed by atoms with Gasteiger partial charge < -0.3 is 14.8 Å². The lowest BCUT2D eigenvalue weighted by molar-refractivity contribution is -0.131. The molecule has 9 heteroatoms. The van der Waals surface area contributed by atoms with Crippen LogP contribution in [-0.4, -0.2) is 50.6 Å². The number of benzene rings is 1. The van der Waals surface area contributed by atoms with Gasteiger partial charge in [0.1, 0.15) is 18.2 Å². The molecular weight excluding hydrogens is 429 g/mol. The van der Waals surface area contributed by atoms with Gasteiger partial charge in [0.25, 0.3) is 0 Å². The third-order valence-corrected chi connectivity index (χ3v) is 5.66. The molecule has 0 saturated carbocycles. The van der Waals surface area contributed by atoms with E-state index in [2.05, 4.69) is 10.3 Å². The van der Waals surface area contributed by atoms with Crippen molar-refractivity contribution in [2.75, 3.05) is 24.7 Å². The van der Waals surface area contributed by atoms with Crippen LogP contribution in [0.3, 0.4) is 0 Å². The zero-order valence-corrected chi connectivity index (χ0v) is 19.4. The monoisotopic (exact) mass is 455 g/mol. The molecule has 2 heterocycles. The first-order valence-corrected chi connectivity index (χ1v) is 11.5. The number of anilines is 1. The normalized spacial score (nSPS) is 10.8. The smallest absolute Gasteiger partial charge is 0.242 e. The maximum atomic E-state index is 13.6. The zero-order chi connectivity index (χ0) is 23.3. The SMILES string of the molecule is CCN(CC)C(=O)Cn1c(SC)nc(-c2ccc(F)cc2)c1-c1ccnc(NC(C)=O)c1. The maximum Gasteiger partial charge on any atom is 0.242 e. The summed E-state index contributed by atoms with van der Waals surface area (Å²) in [5.41, 5.74) is 2.80. The van der Waals surface area contributed by atoms with E-state index in [-0.39, 0.29) is 24.2 Å². The predicted octanol–water partition coefficient (Wildman–Crippen LogP) is 4.30. The Kier molecular flexibility index (Phi) is 7.63. The highest BCUT2D eigenvalue weighted by molar-refractivity contribution is 7.98. The van der Waals surface area contributed by atoms with Crippen LogP contribution in [0.4, 0.5) is 10.2 Å². The average Bonchev–Trinajstić information content (AvgIpc) is 3.13. The summed E-state index contributed by atoms with van der Waals surface area (Å²) >= 11 is 1.43. The van der Waals surface area contributed by atoms with E-state index in [4.69, 9.17) is 4.98 Å². The highest BCUT2D eigenvalue weighted by atomic mass is 32.2. The van der Waals surface area contributed by atoms with Gasteiger partial charge in [-0.15, -0.1) is 0 Å². The van der Waals surface area contributed by atoms with Crippen molar-refractivity contribution in [1.29, 1.82) is 0 Å². The molecule has 1 N–H and O–H groups in total. The number of carbonyl (C=O) groups is 2. The number of halogens is 1. The van der Waals surface area contributed by atoms with Gasteiger partial charge in [-0.25, -0.2) is 14.4 Å². The number of hydrogen-bond donors (Lipinski definition) is 1. The lowest BCUT2D eigenvalue weighted by Gasteiger charge is -2.20. The van der Waals surface area contributed by atoms with Crippen molar-refractivity contribution in [3.05, 3.63) is 48.4 Å². The number of nitrogens with zero attached hydrogens (tertiary/aromatic N) is 4. The van der Waals surface area contributed by atoms with E-state index in [1.165, 1.54) is 30.8 Å². The second-order valence-electron chi connectivity index (χ2n) is 7.07. The minimum Gasteiger partial charge on any atom is -0.342 e. The molecule has 0 bridgehead atoms. The fourth-order valence-electron chi connectivity index (χ4n) is 3.47. The minimum absolute atomic E-state index is 0.0225. The second kappa shape index (κ2) is 10.4. The molecule has 7 nitrogen and oxygen atoms in total. The highest BCUT2D eigenvalue weighted by Gasteiger charge is 2.23. The van der Waals surface area contributed by atoms with Crippen LogP contribution < -0.4 is 5.32 Å². The van der Waals surface area contributed by atoms with Crippen molar-refractivity contribution < 1.29 is 14.0 Å². The quantitative estimate of drug-likeness (QED) is 0.512. The summed E-state index contributed by atoms with van der Waals surface area (Å²) in [6.07, 6.45) is 3.49.